The molecule has 2 fully saturated rings. The molecule has 1 unspecified atom stereocenters. The van der Waals surface area contributed by atoms with Crippen LogP contribution in [0.4, 0.5) is 4.79 Å². The fourth-order valence-corrected chi connectivity index (χ4v) is 3.44. The highest BCUT2D eigenvalue weighted by Crippen LogP contribution is 2.32. The molecule has 0 saturated carbocycles. The lowest BCUT2D eigenvalue weighted by Gasteiger charge is -2.37. The Labute approximate surface area is 125 Å². The third-order valence-electron chi connectivity index (χ3n) is 4.35. The SMILES string of the molecule is CCCc1ccc(CN2CCCC3(C2)CN(C)C(=O)O3)o1. The molecule has 0 bridgehead atoms. The maximum atomic E-state index is 11.7. The molecule has 1 atom stereocenters. The number of likely N-dealkylation sites (N-methyl/N-ethyl adjacent to an activating group) is 1. The first-order valence-corrected chi connectivity index (χ1v) is 7.84. The highest BCUT2D eigenvalue weighted by Gasteiger charge is 2.46. The monoisotopic (exact) mass is 292 g/mol. The Hall–Kier alpha value is -1.49. The number of carbonyl (C=O) groups excluding carboxylic acids is 1. The molecule has 0 radical (unpaired) electrons. The average Bonchev–Trinajstić information content (AvgIpc) is 2.96. The number of piperidine rings is 1. The largest absolute Gasteiger partial charge is 0.465 e. The zero-order valence-corrected chi connectivity index (χ0v) is 12.9. The number of hydrogen-bond donors (Lipinski definition) is 0. The van der Waals surface area contributed by atoms with Gasteiger partial charge in [0.1, 0.15) is 17.1 Å². The summed E-state index contributed by atoms with van der Waals surface area (Å²) in [6.45, 7) is 5.48. The number of ether oxygens (including phenoxy) is 1. The Morgan fingerprint density at radius 1 is 1.29 bits per heavy atom. The molecule has 1 aromatic heterocycles. The van der Waals surface area contributed by atoms with E-state index in [0.717, 1.165) is 56.8 Å². The van der Waals surface area contributed by atoms with Crippen LogP contribution in [0.2, 0.25) is 0 Å². The number of amides is 1. The van der Waals surface area contributed by atoms with E-state index in [-0.39, 0.29) is 11.7 Å². The second-order valence-corrected chi connectivity index (χ2v) is 6.34. The molecule has 5 nitrogen and oxygen atoms in total. The van der Waals surface area contributed by atoms with Gasteiger partial charge in [0.15, 0.2) is 0 Å². The van der Waals surface area contributed by atoms with Crippen molar-refractivity contribution in [2.45, 2.75) is 44.8 Å². The van der Waals surface area contributed by atoms with Gasteiger partial charge in [0, 0.05) is 20.0 Å². The predicted octanol–water partition coefficient (Wildman–Crippen LogP) is 2.65. The van der Waals surface area contributed by atoms with Crippen LogP contribution in [0.1, 0.15) is 37.7 Å². The van der Waals surface area contributed by atoms with E-state index >= 15 is 0 Å². The Bertz CT molecular complexity index is 513. The topological polar surface area (TPSA) is 45.9 Å². The highest BCUT2D eigenvalue weighted by atomic mass is 16.6. The van der Waals surface area contributed by atoms with Crippen molar-refractivity contribution < 1.29 is 13.9 Å². The van der Waals surface area contributed by atoms with Crippen molar-refractivity contribution >= 4 is 6.09 Å². The molecule has 2 aliphatic heterocycles. The van der Waals surface area contributed by atoms with Gasteiger partial charge in [0.25, 0.3) is 0 Å². The summed E-state index contributed by atoms with van der Waals surface area (Å²) in [5, 5.41) is 0. The van der Waals surface area contributed by atoms with Crippen molar-refractivity contribution in [2.75, 3.05) is 26.7 Å². The zero-order valence-electron chi connectivity index (χ0n) is 12.9. The third kappa shape index (κ3) is 3.07. The first-order valence-electron chi connectivity index (χ1n) is 7.84. The van der Waals surface area contributed by atoms with Gasteiger partial charge in [0.2, 0.25) is 0 Å². The van der Waals surface area contributed by atoms with Crippen molar-refractivity contribution in [1.82, 2.24) is 9.80 Å². The van der Waals surface area contributed by atoms with Gasteiger partial charge in [-0.2, -0.15) is 0 Å². The summed E-state index contributed by atoms with van der Waals surface area (Å²) in [5.74, 6) is 2.07. The molecular formula is C16H24N2O3. The minimum atomic E-state index is -0.317. The third-order valence-corrected chi connectivity index (χ3v) is 4.35. The molecule has 3 heterocycles. The van der Waals surface area contributed by atoms with Gasteiger partial charge in [0.05, 0.1) is 13.1 Å². The van der Waals surface area contributed by atoms with Crippen LogP contribution in [0.15, 0.2) is 16.5 Å². The summed E-state index contributed by atoms with van der Waals surface area (Å²) in [6, 6.07) is 4.14. The maximum absolute atomic E-state index is 11.7. The smallest absolute Gasteiger partial charge is 0.410 e. The van der Waals surface area contributed by atoms with E-state index in [0.29, 0.717) is 6.54 Å². The van der Waals surface area contributed by atoms with Gasteiger partial charge in [-0.05, 0) is 37.9 Å². The molecule has 0 aromatic carbocycles. The summed E-state index contributed by atoms with van der Waals surface area (Å²) >= 11 is 0. The molecule has 21 heavy (non-hydrogen) atoms. The van der Waals surface area contributed by atoms with Crippen LogP contribution in [0.5, 0.6) is 0 Å². The summed E-state index contributed by atoms with van der Waals surface area (Å²) in [5.41, 5.74) is -0.317. The second-order valence-electron chi connectivity index (χ2n) is 6.34. The Kier molecular flexibility index (Phi) is 3.93. The molecule has 5 heteroatoms. The van der Waals surface area contributed by atoms with E-state index in [4.69, 9.17) is 9.15 Å². The number of rotatable bonds is 4. The zero-order chi connectivity index (χ0) is 14.9. The fourth-order valence-electron chi connectivity index (χ4n) is 3.44. The lowest BCUT2D eigenvalue weighted by atomic mass is 9.93. The fraction of sp³-hybridized carbons (Fsp3) is 0.688. The number of likely N-dealkylation sites (tertiary alicyclic amines) is 1. The van der Waals surface area contributed by atoms with E-state index < -0.39 is 0 Å². The molecule has 1 aromatic rings. The number of carbonyl (C=O) groups is 1. The van der Waals surface area contributed by atoms with Crippen LogP contribution in [0.25, 0.3) is 0 Å². The molecule has 0 aliphatic carbocycles. The van der Waals surface area contributed by atoms with Crippen molar-refractivity contribution in [3.05, 3.63) is 23.7 Å². The Morgan fingerprint density at radius 2 is 2.10 bits per heavy atom. The molecule has 3 rings (SSSR count). The van der Waals surface area contributed by atoms with Gasteiger partial charge >= 0.3 is 6.09 Å². The minimum Gasteiger partial charge on any atom is -0.465 e. The van der Waals surface area contributed by atoms with E-state index in [2.05, 4.69) is 24.0 Å². The average molecular weight is 292 g/mol. The molecule has 2 saturated heterocycles. The second kappa shape index (κ2) is 5.72. The maximum Gasteiger partial charge on any atom is 0.410 e. The van der Waals surface area contributed by atoms with Crippen molar-refractivity contribution in [3.63, 3.8) is 0 Å². The minimum absolute atomic E-state index is 0.194. The van der Waals surface area contributed by atoms with Crippen LogP contribution in [0.3, 0.4) is 0 Å². The molecule has 0 N–H and O–H groups in total. The van der Waals surface area contributed by atoms with Crippen LogP contribution >= 0.6 is 0 Å². The van der Waals surface area contributed by atoms with Gasteiger partial charge < -0.3 is 14.1 Å². The van der Waals surface area contributed by atoms with E-state index in [1.54, 1.807) is 11.9 Å². The van der Waals surface area contributed by atoms with Gasteiger partial charge in [-0.15, -0.1) is 0 Å². The number of hydrogen-bond acceptors (Lipinski definition) is 4. The molecule has 116 valence electrons. The van der Waals surface area contributed by atoms with Gasteiger partial charge in [-0.3, -0.25) is 4.90 Å². The van der Waals surface area contributed by atoms with Crippen LogP contribution in [-0.4, -0.2) is 48.2 Å². The molecular weight excluding hydrogens is 268 g/mol. The number of furan rings is 1. The first-order chi connectivity index (χ1) is 10.1. The Balaban J connectivity index is 1.62. The summed E-state index contributed by atoms with van der Waals surface area (Å²) < 4.78 is 11.5. The number of nitrogens with zero attached hydrogens (tertiary/aromatic N) is 2. The Morgan fingerprint density at radius 3 is 2.81 bits per heavy atom. The van der Waals surface area contributed by atoms with Crippen LogP contribution in [0, 0.1) is 0 Å². The molecule has 1 amide bonds. The van der Waals surface area contributed by atoms with E-state index in [1.165, 1.54) is 0 Å². The highest BCUT2D eigenvalue weighted by molar-refractivity contribution is 5.70. The quantitative estimate of drug-likeness (QED) is 0.856. The summed E-state index contributed by atoms with van der Waals surface area (Å²) in [4.78, 5) is 15.7. The standard InChI is InChI=1S/C16H24N2O3/c1-3-5-13-6-7-14(20-13)10-18-9-4-8-16(12-18)11-17(2)15(19)21-16/h6-7H,3-5,8-12H2,1-2H3. The number of aryl methyl sites for hydroxylation is 1. The van der Waals surface area contributed by atoms with Crippen LogP contribution in [-0.2, 0) is 17.7 Å². The summed E-state index contributed by atoms with van der Waals surface area (Å²) in [6.07, 6.45) is 3.91. The first kappa shape index (κ1) is 14.4. The summed E-state index contributed by atoms with van der Waals surface area (Å²) in [7, 11) is 1.81. The molecule has 2 aliphatic rings. The van der Waals surface area contributed by atoms with Crippen molar-refractivity contribution in [2.24, 2.45) is 0 Å². The van der Waals surface area contributed by atoms with Gasteiger partial charge in [-0.1, -0.05) is 6.92 Å². The van der Waals surface area contributed by atoms with Gasteiger partial charge in [-0.25, -0.2) is 4.79 Å². The van der Waals surface area contributed by atoms with Crippen molar-refractivity contribution in [1.29, 1.82) is 0 Å². The van der Waals surface area contributed by atoms with Crippen molar-refractivity contribution in [3.8, 4) is 0 Å². The normalized spacial score (nSPS) is 26.6. The lowest BCUT2D eigenvalue weighted by molar-refractivity contribution is -0.0130. The lowest BCUT2D eigenvalue weighted by Crippen LogP contribution is -2.50. The predicted molar refractivity (Wildman–Crippen MR) is 79.1 cm³/mol. The van der Waals surface area contributed by atoms with Crippen LogP contribution < -0.4 is 0 Å². The van der Waals surface area contributed by atoms with E-state index in [9.17, 15) is 4.79 Å². The van der Waals surface area contributed by atoms with E-state index in [1.807, 2.05) is 0 Å². The molecule has 1 spiro atoms.